The van der Waals surface area contributed by atoms with Crippen molar-refractivity contribution < 1.29 is 9.18 Å². The van der Waals surface area contributed by atoms with Gasteiger partial charge in [-0.2, -0.15) is 0 Å². The smallest absolute Gasteiger partial charge is 0.185 e. The molecule has 0 amide bonds. The fourth-order valence-corrected chi connectivity index (χ4v) is 1.96. The highest BCUT2D eigenvalue weighted by atomic mass is 79.9. The number of carbonyl (C=O) groups excluding carboxylic acids is 1. The number of nitrogens with one attached hydrogen (secondary N) is 1. The van der Waals surface area contributed by atoms with Gasteiger partial charge in [0, 0.05) is 5.56 Å². The van der Waals surface area contributed by atoms with Gasteiger partial charge in [0.05, 0.1) is 5.02 Å². The van der Waals surface area contributed by atoms with Gasteiger partial charge in [-0.3, -0.25) is 4.79 Å². The van der Waals surface area contributed by atoms with Crippen LogP contribution in [0.4, 0.5) is 4.39 Å². The molecule has 2 aromatic rings. The molecule has 0 aliphatic carbocycles. The number of halogens is 3. The van der Waals surface area contributed by atoms with E-state index in [2.05, 4.69) is 25.9 Å². The van der Waals surface area contributed by atoms with E-state index < -0.39 is 5.82 Å². The Bertz CT molecular complexity index is 556. The molecular formula is C10H5BrClFN2O. The summed E-state index contributed by atoms with van der Waals surface area (Å²) in [6, 6.07) is 4.24. The van der Waals surface area contributed by atoms with Gasteiger partial charge in [-0.05, 0) is 34.1 Å². The van der Waals surface area contributed by atoms with Crippen LogP contribution in [0.3, 0.4) is 0 Å². The third kappa shape index (κ3) is 2.01. The van der Waals surface area contributed by atoms with Crippen LogP contribution in [0, 0.1) is 5.82 Å². The molecule has 6 heteroatoms. The molecule has 0 radical (unpaired) electrons. The SMILES string of the molecule is O=Cc1nc(-c2ccc(F)c(Cl)c2)c(Br)[nH]1. The van der Waals surface area contributed by atoms with Crippen molar-refractivity contribution in [1.82, 2.24) is 9.97 Å². The fraction of sp³-hybridized carbons (Fsp3) is 0. The summed E-state index contributed by atoms with van der Waals surface area (Å²) < 4.78 is 13.5. The maximum atomic E-state index is 13.0. The second-order valence-corrected chi connectivity index (χ2v) is 4.23. The van der Waals surface area contributed by atoms with Crippen molar-refractivity contribution in [1.29, 1.82) is 0 Å². The minimum absolute atomic E-state index is 0.0139. The zero-order chi connectivity index (χ0) is 11.7. The van der Waals surface area contributed by atoms with E-state index in [1.54, 1.807) is 0 Å². The lowest BCUT2D eigenvalue weighted by Crippen LogP contribution is -1.83. The van der Waals surface area contributed by atoms with Crippen LogP contribution < -0.4 is 0 Å². The number of rotatable bonds is 2. The molecular weight excluding hydrogens is 298 g/mol. The maximum Gasteiger partial charge on any atom is 0.185 e. The first-order valence-electron chi connectivity index (χ1n) is 4.28. The molecule has 0 bridgehead atoms. The second-order valence-electron chi connectivity index (χ2n) is 3.03. The van der Waals surface area contributed by atoms with Gasteiger partial charge in [0.25, 0.3) is 0 Å². The Morgan fingerprint density at radius 3 is 2.81 bits per heavy atom. The van der Waals surface area contributed by atoms with E-state index in [0.29, 0.717) is 22.1 Å². The Morgan fingerprint density at radius 1 is 1.50 bits per heavy atom. The molecule has 0 fully saturated rings. The van der Waals surface area contributed by atoms with Gasteiger partial charge in [0.2, 0.25) is 0 Å². The van der Waals surface area contributed by atoms with Crippen molar-refractivity contribution in [3.8, 4) is 11.3 Å². The number of aldehydes is 1. The predicted octanol–water partition coefficient (Wildman–Crippen LogP) is 3.44. The molecule has 3 nitrogen and oxygen atoms in total. The summed E-state index contributed by atoms with van der Waals surface area (Å²) in [7, 11) is 0. The minimum Gasteiger partial charge on any atom is -0.330 e. The van der Waals surface area contributed by atoms with Gasteiger partial charge in [-0.25, -0.2) is 9.37 Å². The summed E-state index contributed by atoms with van der Waals surface area (Å²) in [5.41, 5.74) is 1.15. The number of aromatic amines is 1. The Balaban J connectivity index is 2.53. The minimum atomic E-state index is -0.493. The molecule has 0 aliphatic rings. The first kappa shape index (κ1) is 11.3. The molecule has 0 saturated heterocycles. The lowest BCUT2D eigenvalue weighted by Gasteiger charge is -1.99. The second kappa shape index (κ2) is 4.35. The first-order valence-corrected chi connectivity index (χ1v) is 5.45. The molecule has 16 heavy (non-hydrogen) atoms. The summed E-state index contributed by atoms with van der Waals surface area (Å²) in [4.78, 5) is 17.3. The van der Waals surface area contributed by atoms with E-state index in [0.717, 1.165) is 0 Å². The number of hydrogen-bond donors (Lipinski definition) is 1. The molecule has 1 aromatic heterocycles. The molecule has 1 aromatic carbocycles. The average Bonchev–Trinajstić information content (AvgIpc) is 2.64. The standard InChI is InChI=1S/C10H5BrClFN2O/c11-10-9(14-8(4-16)15-10)5-1-2-7(13)6(12)3-5/h1-4H,(H,14,15). The molecule has 0 spiro atoms. The predicted molar refractivity (Wildman–Crippen MR) is 62.1 cm³/mol. The van der Waals surface area contributed by atoms with Crippen molar-refractivity contribution in [2.75, 3.05) is 0 Å². The molecule has 0 saturated carbocycles. The van der Waals surface area contributed by atoms with Gasteiger partial charge in [0.1, 0.15) is 16.1 Å². The van der Waals surface area contributed by atoms with Crippen LogP contribution in [0.1, 0.15) is 10.6 Å². The summed E-state index contributed by atoms with van der Waals surface area (Å²) in [5.74, 6) is -0.296. The highest BCUT2D eigenvalue weighted by Gasteiger charge is 2.11. The van der Waals surface area contributed by atoms with Crippen LogP contribution >= 0.6 is 27.5 Å². The lowest BCUT2D eigenvalue weighted by atomic mass is 10.2. The number of nitrogens with zero attached hydrogens (tertiary/aromatic N) is 1. The van der Waals surface area contributed by atoms with Crippen LogP contribution in [0.15, 0.2) is 22.8 Å². The Labute approximate surface area is 104 Å². The van der Waals surface area contributed by atoms with Crippen LogP contribution in [0.2, 0.25) is 5.02 Å². The first-order chi connectivity index (χ1) is 7.61. The van der Waals surface area contributed by atoms with E-state index in [4.69, 9.17) is 11.6 Å². The van der Waals surface area contributed by atoms with Gasteiger partial charge in [0.15, 0.2) is 12.1 Å². The Morgan fingerprint density at radius 2 is 2.25 bits per heavy atom. The number of hydrogen-bond acceptors (Lipinski definition) is 2. The summed E-state index contributed by atoms with van der Waals surface area (Å²) in [6.07, 6.45) is 0.597. The molecule has 0 atom stereocenters. The molecule has 1 heterocycles. The Kier molecular flexibility index (Phi) is 3.07. The van der Waals surface area contributed by atoms with Crippen molar-refractivity contribution >= 4 is 33.8 Å². The van der Waals surface area contributed by atoms with Crippen LogP contribution in [-0.2, 0) is 0 Å². The maximum absolute atomic E-state index is 13.0. The summed E-state index contributed by atoms with van der Waals surface area (Å²) in [5, 5.41) is 0.0139. The third-order valence-corrected chi connectivity index (χ3v) is 2.85. The zero-order valence-corrected chi connectivity index (χ0v) is 10.1. The van der Waals surface area contributed by atoms with Crippen molar-refractivity contribution in [2.24, 2.45) is 0 Å². The lowest BCUT2D eigenvalue weighted by molar-refractivity contribution is 0.111. The Hall–Kier alpha value is -1.20. The van der Waals surface area contributed by atoms with E-state index >= 15 is 0 Å². The van der Waals surface area contributed by atoms with Gasteiger partial charge < -0.3 is 4.98 Å². The van der Waals surface area contributed by atoms with E-state index in [-0.39, 0.29) is 10.8 Å². The number of aromatic nitrogens is 2. The summed E-state index contributed by atoms with van der Waals surface area (Å²) >= 11 is 8.88. The monoisotopic (exact) mass is 302 g/mol. The average molecular weight is 304 g/mol. The van der Waals surface area contributed by atoms with Crippen molar-refractivity contribution in [3.63, 3.8) is 0 Å². The van der Waals surface area contributed by atoms with Crippen molar-refractivity contribution in [2.45, 2.75) is 0 Å². The normalized spacial score (nSPS) is 10.4. The number of carbonyl (C=O) groups is 1. The van der Waals surface area contributed by atoms with Crippen LogP contribution in [-0.4, -0.2) is 16.3 Å². The van der Waals surface area contributed by atoms with Crippen LogP contribution in [0.25, 0.3) is 11.3 Å². The molecule has 0 aliphatic heterocycles. The quantitative estimate of drug-likeness (QED) is 0.864. The van der Waals surface area contributed by atoms with Gasteiger partial charge in [-0.1, -0.05) is 11.6 Å². The highest BCUT2D eigenvalue weighted by molar-refractivity contribution is 9.10. The van der Waals surface area contributed by atoms with Gasteiger partial charge >= 0.3 is 0 Å². The van der Waals surface area contributed by atoms with E-state index in [1.165, 1.54) is 18.2 Å². The third-order valence-electron chi connectivity index (χ3n) is 1.98. The molecule has 2 rings (SSSR count). The van der Waals surface area contributed by atoms with Gasteiger partial charge in [-0.15, -0.1) is 0 Å². The van der Waals surface area contributed by atoms with Crippen LogP contribution in [0.5, 0.6) is 0 Å². The molecule has 0 unspecified atom stereocenters. The number of H-pyrrole nitrogens is 1. The summed E-state index contributed by atoms with van der Waals surface area (Å²) in [6.45, 7) is 0. The molecule has 1 N–H and O–H groups in total. The zero-order valence-electron chi connectivity index (χ0n) is 7.80. The fourth-order valence-electron chi connectivity index (χ4n) is 1.26. The van der Waals surface area contributed by atoms with Crippen molar-refractivity contribution in [3.05, 3.63) is 39.5 Å². The molecule has 82 valence electrons. The topological polar surface area (TPSA) is 45.8 Å². The van der Waals surface area contributed by atoms with E-state index in [9.17, 15) is 9.18 Å². The van der Waals surface area contributed by atoms with E-state index in [1.807, 2.05) is 0 Å². The highest BCUT2D eigenvalue weighted by Crippen LogP contribution is 2.28. The number of imidazole rings is 1. The number of benzene rings is 1. The largest absolute Gasteiger partial charge is 0.330 e.